The van der Waals surface area contributed by atoms with Crippen LogP contribution in [-0.2, 0) is 10.0 Å². The Morgan fingerprint density at radius 2 is 1.77 bits per heavy atom. The summed E-state index contributed by atoms with van der Waals surface area (Å²) < 4.78 is 29.4. The normalized spacial score (nSPS) is 22.5. The second kappa shape index (κ2) is 10.6. The smallest absolute Gasteiger partial charge is 0.319 e. The Kier molecular flexibility index (Phi) is 8.32. The molecule has 1 saturated heterocycles. The van der Waals surface area contributed by atoms with E-state index in [1.54, 1.807) is 57.2 Å². The molecule has 1 heterocycles. The summed E-state index contributed by atoms with van der Waals surface area (Å²) in [6.07, 6.45) is -1.13. The first-order valence-electron chi connectivity index (χ1n) is 10.9. The Balaban J connectivity index is 1.83. The summed E-state index contributed by atoms with van der Waals surface area (Å²) >= 11 is 6.55. The summed E-state index contributed by atoms with van der Waals surface area (Å²) in [5.41, 5.74) is -0.226. The summed E-state index contributed by atoms with van der Waals surface area (Å²) in [5.74, 6) is 0. The van der Waals surface area contributed by atoms with Crippen LogP contribution < -0.4 is 20.5 Å². The fourth-order valence-corrected chi connectivity index (χ4v) is 7.34. The number of para-hydroxylation sites is 1. The minimum atomic E-state index is -3.96. The molecule has 0 aliphatic carbocycles. The number of amides is 3. The SMILES string of the molecule is CC(C)(C)[N+]1(C(=O)[O-])C[C@H](NS(=O)(=O)c2cc(Br)ccc2Br)C[C@@H]1CNC(=O)Nc1ccccc1. The van der Waals surface area contributed by atoms with Crippen molar-refractivity contribution in [1.29, 1.82) is 0 Å². The molecule has 0 aromatic heterocycles. The zero-order valence-electron chi connectivity index (χ0n) is 19.5. The number of urea groups is 1. The van der Waals surface area contributed by atoms with Crippen molar-refractivity contribution < 1.29 is 27.6 Å². The van der Waals surface area contributed by atoms with E-state index in [2.05, 4.69) is 47.2 Å². The molecule has 9 nitrogen and oxygen atoms in total. The molecule has 3 rings (SSSR count). The Labute approximate surface area is 222 Å². The van der Waals surface area contributed by atoms with Crippen LogP contribution in [-0.4, -0.2) is 55.7 Å². The fraction of sp³-hybridized carbons (Fsp3) is 0.391. The number of nitrogens with zero attached hydrogens (tertiary/aromatic N) is 1. The summed E-state index contributed by atoms with van der Waals surface area (Å²) in [5, 5.41) is 18.0. The van der Waals surface area contributed by atoms with Crippen molar-refractivity contribution in [2.45, 2.75) is 49.7 Å². The van der Waals surface area contributed by atoms with Crippen molar-refractivity contribution in [3.8, 4) is 0 Å². The lowest BCUT2D eigenvalue weighted by molar-refractivity contribution is -0.929. The highest BCUT2D eigenvalue weighted by Gasteiger charge is 2.56. The van der Waals surface area contributed by atoms with Crippen LogP contribution >= 0.6 is 31.9 Å². The van der Waals surface area contributed by atoms with Gasteiger partial charge in [0.05, 0.1) is 23.0 Å². The lowest BCUT2D eigenvalue weighted by Crippen LogP contribution is -2.71. The predicted octanol–water partition coefficient (Wildman–Crippen LogP) is 3.41. The maximum absolute atomic E-state index is 13.2. The van der Waals surface area contributed by atoms with Crippen molar-refractivity contribution >= 4 is 59.7 Å². The topological polar surface area (TPSA) is 127 Å². The molecule has 1 aliphatic heterocycles. The minimum absolute atomic E-state index is 0.0166. The monoisotopic (exact) mass is 630 g/mol. The quantitative estimate of drug-likeness (QED) is 0.421. The van der Waals surface area contributed by atoms with E-state index in [9.17, 15) is 23.1 Å². The van der Waals surface area contributed by atoms with Crippen LogP contribution in [0.3, 0.4) is 0 Å². The number of carbonyl (C=O) groups excluding carboxylic acids is 2. The number of hydrogen-bond acceptors (Lipinski definition) is 5. The second-order valence-electron chi connectivity index (χ2n) is 9.47. The zero-order chi connectivity index (χ0) is 26.0. The number of hydrogen-bond donors (Lipinski definition) is 3. The van der Waals surface area contributed by atoms with Crippen molar-refractivity contribution in [2.75, 3.05) is 18.4 Å². The van der Waals surface area contributed by atoms with Crippen molar-refractivity contribution in [3.05, 3.63) is 57.5 Å². The van der Waals surface area contributed by atoms with Gasteiger partial charge in [0, 0.05) is 21.1 Å². The van der Waals surface area contributed by atoms with Crippen molar-refractivity contribution in [3.63, 3.8) is 0 Å². The Hall–Kier alpha value is -1.99. The summed E-state index contributed by atoms with van der Waals surface area (Å²) in [4.78, 5) is 25.0. The molecule has 3 amide bonds. The largest absolute Gasteiger partial charge is 0.498 e. The van der Waals surface area contributed by atoms with E-state index in [1.165, 1.54) is 6.07 Å². The van der Waals surface area contributed by atoms with E-state index in [-0.39, 0.29) is 24.4 Å². The van der Waals surface area contributed by atoms with E-state index >= 15 is 0 Å². The molecule has 1 fully saturated rings. The highest BCUT2D eigenvalue weighted by atomic mass is 79.9. The summed E-state index contributed by atoms with van der Waals surface area (Å²) in [6, 6.07) is 11.8. The molecule has 1 aliphatic rings. The number of carbonyl (C=O) groups is 2. The van der Waals surface area contributed by atoms with Crippen LogP contribution in [0.15, 0.2) is 62.4 Å². The molecule has 0 spiro atoms. The van der Waals surface area contributed by atoms with Gasteiger partial charge >= 0.3 is 6.03 Å². The number of benzene rings is 2. The van der Waals surface area contributed by atoms with Gasteiger partial charge in [0.25, 0.3) is 6.09 Å². The molecule has 190 valence electrons. The van der Waals surface area contributed by atoms with Gasteiger partial charge in [0.1, 0.15) is 12.6 Å². The summed E-state index contributed by atoms with van der Waals surface area (Å²) in [6.45, 7) is 5.29. The van der Waals surface area contributed by atoms with Crippen LogP contribution in [0, 0.1) is 0 Å². The third-order valence-electron chi connectivity index (χ3n) is 6.25. The fourth-order valence-electron chi connectivity index (χ4n) is 4.60. The first-order chi connectivity index (χ1) is 16.3. The molecular formula is C23H28Br2N4O5S. The van der Waals surface area contributed by atoms with E-state index in [1.807, 2.05) is 6.07 Å². The van der Waals surface area contributed by atoms with Crippen LogP contribution in [0.25, 0.3) is 0 Å². The molecule has 3 atom stereocenters. The number of quaternary nitrogens is 1. The maximum atomic E-state index is 13.2. The Bertz CT molecular complexity index is 1200. The molecule has 35 heavy (non-hydrogen) atoms. The molecule has 3 N–H and O–H groups in total. The Morgan fingerprint density at radius 1 is 1.11 bits per heavy atom. The van der Waals surface area contributed by atoms with Gasteiger partial charge < -0.3 is 20.5 Å². The Morgan fingerprint density at radius 3 is 2.37 bits per heavy atom. The van der Waals surface area contributed by atoms with E-state index in [0.717, 1.165) is 0 Å². The van der Waals surface area contributed by atoms with E-state index in [0.29, 0.717) is 14.6 Å². The molecular weight excluding hydrogens is 604 g/mol. The highest BCUT2D eigenvalue weighted by Crippen LogP contribution is 2.37. The van der Waals surface area contributed by atoms with Crippen molar-refractivity contribution in [1.82, 2.24) is 10.0 Å². The lowest BCUT2D eigenvalue weighted by atomic mass is 10.00. The standard InChI is InChI=1S/C23H28Br2N4O5S/c1-23(2,3)29(22(31)32)14-17(28-35(33,34)20-11-15(24)9-10-19(20)25)12-18(29)13-26-21(30)27-16-7-5-4-6-8-16/h4-11,17-18,28H,12-14H2,1-3H3,(H2-,26,27,30,31,32)/t17-,18-,29?/m1/s1. The van der Waals surface area contributed by atoms with Gasteiger partial charge in [-0.15, -0.1) is 0 Å². The van der Waals surface area contributed by atoms with Gasteiger partial charge in [-0.1, -0.05) is 34.1 Å². The zero-order valence-corrected chi connectivity index (χ0v) is 23.5. The number of likely N-dealkylation sites (tertiary alicyclic amines) is 1. The highest BCUT2D eigenvalue weighted by molar-refractivity contribution is 9.11. The van der Waals surface area contributed by atoms with Gasteiger partial charge in [-0.2, -0.15) is 0 Å². The molecule has 2 aromatic carbocycles. The average molecular weight is 632 g/mol. The average Bonchev–Trinajstić information content (AvgIpc) is 3.13. The van der Waals surface area contributed by atoms with Gasteiger partial charge in [-0.25, -0.2) is 17.9 Å². The number of carboxylic acid groups (broad SMARTS) is 1. The molecule has 0 saturated carbocycles. The third-order valence-corrected chi connectivity index (χ3v) is 9.25. The van der Waals surface area contributed by atoms with E-state index in [4.69, 9.17) is 0 Å². The molecule has 0 radical (unpaired) electrons. The first kappa shape index (κ1) is 27.6. The second-order valence-corrected chi connectivity index (χ2v) is 12.9. The predicted molar refractivity (Wildman–Crippen MR) is 138 cm³/mol. The van der Waals surface area contributed by atoms with Crippen LogP contribution in [0.4, 0.5) is 15.3 Å². The van der Waals surface area contributed by atoms with Gasteiger partial charge in [0.15, 0.2) is 0 Å². The number of nitrogens with one attached hydrogen (secondary N) is 3. The molecule has 12 heteroatoms. The van der Waals surface area contributed by atoms with Crippen molar-refractivity contribution in [2.24, 2.45) is 0 Å². The summed E-state index contributed by atoms with van der Waals surface area (Å²) in [7, 11) is -3.96. The molecule has 0 bridgehead atoms. The third kappa shape index (κ3) is 6.05. The lowest BCUT2D eigenvalue weighted by Gasteiger charge is -2.49. The number of rotatable bonds is 6. The molecule has 2 aromatic rings. The number of anilines is 1. The van der Waals surface area contributed by atoms with Gasteiger partial charge in [-0.3, -0.25) is 4.48 Å². The molecule has 1 unspecified atom stereocenters. The number of halogens is 2. The van der Waals surface area contributed by atoms with Gasteiger partial charge in [-0.05, 0) is 67.0 Å². The van der Waals surface area contributed by atoms with E-state index < -0.39 is 44.3 Å². The number of sulfonamides is 1. The van der Waals surface area contributed by atoms with Crippen LogP contribution in [0.2, 0.25) is 0 Å². The van der Waals surface area contributed by atoms with Crippen LogP contribution in [0.1, 0.15) is 27.2 Å². The van der Waals surface area contributed by atoms with Gasteiger partial charge in [0.2, 0.25) is 10.0 Å². The van der Waals surface area contributed by atoms with Crippen LogP contribution in [0.5, 0.6) is 0 Å². The minimum Gasteiger partial charge on any atom is -0.498 e. The maximum Gasteiger partial charge on any atom is 0.319 e. The first-order valence-corrected chi connectivity index (χ1v) is 14.0.